The number of amides is 2. The molecule has 1 unspecified atom stereocenters. The van der Waals surface area contributed by atoms with Gasteiger partial charge in [0.25, 0.3) is 0 Å². The first-order valence-electron chi connectivity index (χ1n) is 10.6. The zero-order valence-electron chi connectivity index (χ0n) is 17.3. The number of hydrogen-bond acceptors (Lipinski definition) is 3. The fourth-order valence-electron chi connectivity index (χ4n) is 4.01. The van der Waals surface area contributed by atoms with Crippen molar-refractivity contribution in [2.75, 3.05) is 13.2 Å². The van der Waals surface area contributed by atoms with E-state index in [1.807, 2.05) is 53.0 Å². The van der Waals surface area contributed by atoms with Crippen LogP contribution in [0.5, 0.6) is 5.75 Å². The molecular weight excluding hydrogens is 376 g/mol. The topological polar surface area (TPSA) is 59.4 Å². The number of nitrogens with one attached hydrogen (secondary N) is 1. The summed E-state index contributed by atoms with van der Waals surface area (Å²) >= 11 is 0. The first-order valence-corrected chi connectivity index (χ1v) is 10.6. The predicted octanol–water partition coefficient (Wildman–Crippen LogP) is 4.38. The zero-order chi connectivity index (χ0) is 20.8. The van der Waals surface area contributed by atoms with Crippen LogP contribution >= 0.6 is 0 Å². The number of carbonyl (C=O) groups excluding carboxylic acids is 1. The van der Waals surface area contributed by atoms with Gasteiger partial charge in [-0.1, -0.05) is 36.4 Å². The van der Waals surface area contributed by atoms with Crippen molar-refractivity contribution in [1.29, 1.82) is 0 Å². The van der Waals surface area contributed by atoms with Crippen LogP contribution in [0.3, 0.4) is 0 Å². The van der Waals surface area contributed by atoms with Crippen LogP contribution in [0.4, 0.5) is 4.79 Å². The second-order valence-corrected chi connectivity index (χ2v) is 7.54. The molecule has 156 valence electrons. The average molecular weight is 405 g/mol. The number of hydrogen-bond donors (Lipinski definition) is 1. The molecule has 2 aromatic carbocycles. The van der Waals surface area contributed by atoms with E-state index in [9.17, 15) is 4.79 Å². The van der Waals surface area contributed by atoms with Crippen LogP contribution in [0.15, 0.2) is 67.0 Å². The first kappa shape index (κ1) is 20.0. The SMILES string of the molecule is CCOc1ccc(C2CCCN2C(=O)NCc2cccc(Cn3cccn3)c2)cc1. The Bertz CT molecular complexity index is 954. The lowest BCUT2D eigenvalue weighted by Crippen LogP contribution is -2.39. The lowest BCUT2D eigenvalue weighted by Gasteiger charge is -2.25. The highest BCUT2D eigenvalue weighted by Gasteiger charge is 2.29. The van der Waals surface area contributed by atoms with Gasteiger partial charge in [-0.05, 0) is 54.7 Å². The van der Waals surface area contributed by atoms with E-state index in [0.717, 1.165) is 42.8 Å². The number of carbonyl (C=O) groups is 1. The van der Waals surface area contributed by atoms with Gasteiger partial charge in [0.2, 0.25) is 0 Å². The lowest BCUT2D eigenvalue weighted by atomic mass is 10.0. The molecule has 1 fully saturated rings. The molecule has 30 heavy (non-hydrogen) atoms. The monoisotopic (exact) mass is 404 g/mol. The second kappa shape index (κ2) is 9.48. The summed E-state index contributed by atoms with van der Waals surface area (Å²) in [7, 11) is 0. The Hall–Kier alpha value is -3.28. The summed E-state index contributed by atoms with van der Waals surface area (Å²) in [5.41, 5.74) is 3.41. The normalized spacial score (nSPS) is 15.9. The summed E-state index contributed by atoms with van der Waals surface area (Å²) in [6.45, 7) is 4.65. The molecule has 6 heteroatoms. The molecule has 2 amide bonds. The van der Waals surface area contributed by atoms with E-state index in [4.69, 9.17) is 4.74 Å². The molecule has 1 aliphatic heterocycles. The predicted molar refractivity (Wildman–Crippen MR) is 116 cm³/mol. The largest absolute Gasteiger partial charge is 0.494 e. The van der Waals surface area contributed by atoms with Gasteiger partial charge >= 0.3 is 6.03 Å². The number of urea groups is 1. The summed E-state index contributed by atoms with van der Waals surface area (Å²) in [5, 5.41) is 7.35. The fraction of sp³-hybridized carbons (Fsp3) is 0.333. The fourth-order valence-corrected chi connectivity index (χ4v) is 4.01. The lowest BCUT2D eigenvalue weighted by molar-refractivity contribution is 0.192. The third-order valence-corrected chi connectivity index (χ3v) is 5.43. The van der Waals surface area contributed by atoms with Crippen molar-refractivity contribution in [2.24, 2.45) is 0 Å². The Kier molecular flexibility index (Phi) is 6.32. The van der Waals surface area contributed by atoms with Crippen molar-refractivity contribution in [3.63, 3.8) is 0 Å². The minimum Gasteiger partial charge on any atom is -0.494 e. The molecule has 1 saturated heterocycles. The molecule has 6 nitrogen and oxygen atoms in total. The van der Waals surface area contributed by atoms with Crippen LogP contribution in [0, 0.1) is 0 Å². The van der Waals surface area contributed by atoms with E-state index < -0.39 is 0 Å². The highest BCUT2D eigenvalue weighted by Crippen LogP contribution is 2.32. The number of aromatic nitrogens is 2. The molecule has 1 N–H and O–H groups in total. The van der Waals surface area contributed by atoms with Crippen LogP contribution in [0.25, 0.3) is 0 Å². The maximum Gasteiger partial charge on any atom is 0.318 e. The highest BCUT2D eigenvalue weighted by molar-refractivity contribution is 5.75. The molecule has 3 aromatic rings. The molecule has 0 aliphatic carbocycles. The van der Waals surface area contributed by atoms with E-state index in [1.165, 1.54) is 5.56 Å². The molecule has 1 aromatic heterocycles. The number of likely N-dealkylation sites (tertiary alicyclic amines) is 1. The summed E-state index contributed by atoms with van der Waals surface area (Å²) < 4.78 is 7.42. The van der Waals surface area contributed by atoms with Gasteiger partial charge in [0.15, 0.2) is 0 Å². The standard InChI is InChI=1S/C24H28N4O2/c1-2-30-22-11-9-21(10-12-22)23-8-4-15-28(23)24(29)25-17-19-6-3-7-20(16-19)18-27-14-5-13-26-27/h3,5-7,9-14,16,23H,2,4,8,15,17-18H2,1H3,(H,25,29). The molecule has 4 rings (SSSR count). The van der Waals surface area contributed by atoms with Crippen LogP contribution in [-0.4, -0.2) is 33.9 Å². The van der Waals surface area contributed by atoms with Crippen LogP contribution < -0.4 is 10.1 Å². The van der Waals surface area contributed by atoms with Gasteiger partial charge < -0.3 is 15.0 Å². The minimum absolute atomic E-state index is 0.0103. The Morgan fingerprint density at radius 1 is 1.17 bits per heavy atom. The molecule has 1 atom stereocenters. The first-order chi connectivity index (χ1) is 14.7. The number of benzene rings is 2. The van der Waals surface area contributed by atoms with Crippen LogP contribution in [0.2, 0.25) is 0 Å². The van der Waals surface area contributed by atoms with Crippen molar-refractivity contribution in [1.82, 2.24) is 20.0 Å². The van der Waals surface area contributed by atoms with Crippen LogP contribution in [-0.2, 0) is 13.1 Å². The third-order valence-electron chi connectivity index (χ3n) is 5.43. The molecular formula is C24H28N4O2. The van der Waals surface area contributed by atoms with Crippen molar-refractivity contribution in [3.8, 4) is 5.75 Å². The Labute approximate surface area is 177 Å². The third kappa shape index (κ3) is 4.82. The molecule has 1 aliphatic rings. The van der Waals surface area contributed by atoms with Gasteiger partial charge in [-0.25, -0.2) is 4.79 Å². The highest BCUT2D eigenvalue weighted by atomic mass is 16.5. The van der Waals surface area contributed by atoms with E-state index in [1.54, 1.807) is 6.20 Å². The molecule has 0 saturated carbocycles. The van der Waals surface area contributed by atoms with Crippen molar-refractivity contribution in [3.05, 3.63) is 83.7 Å². The molecule has 0 spiro atoms. The van der Waals surface area contributed by atoms with Gasteiger partial charge in [0.1, 0.15) is 5.75 Å². The number of nitrogens with zero attached hydrogens (tertiary/aromatic N) is 3. The van der Waals surface area contributed by atoms with Crippen molar-refractivity contribution < 1.29 is 9.53 Å². The Balaban J connectivity index is 1.36. The Morgan fingerprint density at radius 2 is 2.00 bits per heavy atom. The van der Waals surface area contributed by atoms with Gasteiger partial charge in [-0.15, -0.1) is 0 Å². The smallest absolute Gasteiger partial charge is 0.318 e. The summed E-state index contributed by atoms with van der Waals surface area (Å²) in [4.78, 5) is 14.8. The van der Waals surface area contributed by atoms with Gasteiger partial charge in [0.05, 0.1) is 19.2 Å². The summed E-state index contributed by atoms with van der Waals surface area (Å²) in [6, 6.07) is 18.4. The second-order valence-electron chi connectivity index (χ2n) is 7.54. The quantitative estimate of drug-likeness (QED) is 0.636. The van der Waals surface area contributed by atoms with E-state index >= 15 is 0 Å². The summed E-state index contributed by atoms with van der Waals surface area (Å²) in [6.07, 6.45) is 5.73. The summed E-state index contributed by atoms with van der Waals surface area (Å²) in [5.74, 6) is 0.866. The van der Waals surface area contributed by atoms with E-state index in [-0.39, 0.29) is 12.1 Å². The van der Waals surface area contributed by atoms with Gasteiger partial charge in [-0.3, -0.25) is 4.68 Å². The van der Waals surface area contributed by atoms with E-state index in [2.05, 4.69) is 34.7 Å². The average Bonchev–Trinajstić information content (AvgIpc) is 3.45. The van der Waals surface area contributed by atoms with Crippen molar-refractivity contribution >= 4 is 6.03 Å². The minimum atomic E-state index is -0.0103. The van der Waals surface area contributed by atoms with E-state index in [0.29, 0.717) is 13.2 Å². The van der Waals surface area contributed by atoms with Crippen LogP contribution in [0.1, 0.15) is 42.5 Å². The zero-order valence-corrected chi connectivity index (χ0v) is 17.3. The number of rotatable bonds is 7. The Morgan fingerprint density at radius 3 is 2.77 bits per heavy atom. The molecule has 0 bridgehead atoms. The van der Waals surface area contributed by atoms with Gasteiger partial charge in [0, 0.05) is 25.5 Å². The van der Waals surface area contributed by atoms with Gasteiger partial charge in [-0.2, -0.15) is 5.10 Å². The maximum absolute atomic E-state index is 12.9. The molecule has 0 radical (unpaired) electrons. The van der Waals surface area contributed by atoms with Crippen molar-refractivity contribution in [2.45, 2.75) is 38.9 Å². The number of ether oxygens (including phenoxy) is 1. The maximum atomic E-state index is 12.9. The molecule has 2 heterocycles.